The number of nitrogens with zero attached hydrogens (tertiary/aromatic N) is 2. The normalized spacial score (nSPS) is 11.0. The molecule has 6 heteroatoms. The highest BCUT2D eigenvalue weighted by atomic mass is 32.1. The van der Waals surface area contributed by atoms with Crippen molar-refractivity contribution in [3.05, 3.63) is 53.9 Å². The first-order chi connectivity index (χ1) is 11.6. The maximum Gasteiger partial charge on any atom is 0.171 e. The average Bonchev–Trinajstić information content (AvgIpc) is 3.23. The van der Waals surface area contributed by atoms with E-state index >= 15 is 0 Å². The maximum atomic E-state index is 11.9. The molecule has 0 aromatic carbocycles. The summed E-state index contributed by atoms with van der Waals surface area (Å²) in [6.45, 7) is 1.51. The van der Waals surface area contributed by atoms with Crippen LogP contribution < -0.4 is 5.73 Å². The number of nitrogen functional groups attached to an aromatic ring is 1. The summed E-state index contributed by atoms with van der Waals surface area (Å²) in [5.74, 6) is 0.621. The Labute approximate surface area is 141 Å². The molecule has 0 saturated heterocycles. The highest BCUT2D eigenvalue weighted by Crippen LogP contribution is 2.41. The van der Waals surface area contributed by atoms with Gasteiger partial charge in [0.2, 0.25) is 0 Å². The minimum absolute atomic E-state index is 0.0659. The van der Waals surface area contributed by atoms with Gasteiger partial charge in [0.05, 0.1) is 22.5 Å². The number of thiophene rings is 1. The van der Waals surface area contributed by atoms with Gasteiger partial charge in [-0.2, -0.15) is 0 Å². The lowest BCUT2D eigenvalue weighted by Crippen LogP contribution is -1.95. The topological polar surface area (TPSA) is 82.0 Å². The van der Waals surface area contributed by atoms with Gasteiger partial charge in [-0.15, -0.1) is 11.3 Å². The standard InChI is InChI=1S/C18H13N3O2S/c1-10(22)17-16(19)15-12(14-5-3-7-23-14)8-13(21-18(15)24-17)11-4-2-6-20-9-11/h2-9H,19H2,1H3. The quantitative estimate of drug-likeness (QED) is 0.561. The number of ketones is 1. The first-order valence-corrected chi connectivity index (χ1v) is 8.15. The number of Topliss-reactive ketones (excluding diaryl/α,β-unsaturated/α-hetero) is 1. The van der Waals surface area contributed by atoms with Crippen LogP contribution in [-0.4, -0.2) is 15.8 Å². The minimum atomic E-state index is -0.0659. The Balaban J connectivity index is 2.07. The van der Waals surface area contributed by atoms with E-state index in [1.165, 1.54) is 18.3 Å². The Morgan fingerprint density at radius 3 is 2.83 bits per heavy atom. The van der Waals surface area contributed by atoms with Crippen molar-refractivity contribution in [2.24, 2.45) is 0 Å². The van der Waals surface area contributed by atoms with Gasteiger partial charge in [0, 0.05) is 35.8 Å². The number of hydrogen-bond acceptors (Lipinski definition) is 6. The lowest BCUT2D eigenvalue weighted by atomic mass is 10.0. The summed E-state index contributed by atoms with van der Waals surface area (Å²) in [4.78, 5) is 21.9. The molecule has 0 amide bonds. The number of fused-ring (bicyclic) bond motifs is 1. The largest absolute Gasteiger partial charge is 0.464 e. The second-order valence-electron chi connectivity index (χ2n) is 5.36. The van der Waals surface area contributed by atoms with Crippen molar-refractivity contribution in [2.75, 3.05) is 5.73 Å². The van der Waals surface area contributed by atoms with Crippen LogP contribution in [0.5, 0.6) is 0 Å². The lowest BCUT2D eigenvalue weighted by molar-refractivity contribution is 0.102. The van der Waals surface area contributed by atoms with E-state index in [1.54, 1.807) is 18.7 Å². The van der Waals surface area contributed by atoms with Gasteiger partial charge in [0.15, 0.2) is 5.78 Å². The predicted molar refractivity (Wildman–Crippen MR) is 95.0 cm³/mol. The second kappa shape index (κ2) is 5.58. The molecule has 0 spiro atoms. The molecular formula is C18H13N3O2S. The average molecular weight is 335 g/mol. The van der Waals surface area contributed by atoms with Crippen molar-refractivity contribution in [1.29, 1.82) is 0 Å². The van der Waals surface area contributed by atoms with Gasteiger partial charge < -0.3 is 10.2 Å². The van der Waals surface area contributed by atoms with Gasteiger partial charge in [-0.25, -0.2) is 4.98 Å². The fraction of sp³-hybridized carbons (Fsp3) is 0.0556. The molecule has 4 rings (SSSR count). The third-order valence-corrected chi connectivity index (χ3v) is 4.96. The molecule has 2 N–H and O–H groups in total. The van der Waals surface area contributed by atoms with E-state index in [-0.39, 0.29) is 5.78 Å². The van der Waals surface area contributed by atoms with Gasteiger partial charge in [0.25, 0.3) is 0 Å². The molecule has 0 atom stereocenters. The Bertz CT molecular complexity index is 1040. The van der Waals surface area contributed by atoms with Crippen molar-refractivity contribution < 1.29 is 9.21 Å². The molecule has 0 saturated carbocycles. The predicted octanol–water partition coefficient (Wildman–Crippen LogP) is 4.40. The number of hydrogen-bond donors (Lipinski definition) is 1. The molecule has 4 heterocycles. The molecule has 5 nitrogen and oxygen atoms in total. The van der Waals surface area contributed by atoms with Crippen LogP contribution in [0.25, 0.3) is 32.8 Å². The first-order valence-electron chi connectivity index (χ1n) is 7.33. The van der Waals surface area contributed by atoms with E-state index in [2.05, 4.69) is 9.97 Å². The van der Waals surface area contributed by atoms with E-state index in [0.29, 0.717) is 21.2 Å². The zero-order chi connectivity index (χ0) is 16.7. The number of furan rings is 1. The summed E-state index contributed by atoms with van der Waals surface area (Å²) in [6, 6.07) is 9.41. The molecule has 0 unspecified atom stereocenters. The van der Waals surface area contributed by atoms with Crippen LogP contribution in [0.4, 0.5) is 5.69 Å². The fourth-order valence-corrected chi connectivity index (χ4v) is 3.69. The van der Waals surface area contributed by atoms with E-state index < -0.39 is 0 Å². The van der Waals surface area contributed by atoms with Crippen molar-refractivity contribution in [1.82, 2.24) is 9.97 Å². The molecular weight excluding hydrogens is 322 g/mol. The number of nitrogens with two attached hydrogens (primary N) is 1. The van der Waals surface area contributed by atoms with Gasteiger partial charge in [-0.05, 0) is 30.3 Å². The van der Waals surface area contributed by atoms with Crippen molar-refractivity contribution in [3.8, 4) is 22.6 Å². The summed E-state index contributed by atoms with van der Waals surface area (Å²) in [7, 11) is 0. The zero-order valence-corrected chi connectivity index (χ0v) is 13.6. The van der Waals surface area contributed by atoms with Crippen molar-refractivity contribution in [3.63, 3.8) is 0 Å². The number of aromatic nitrogens is 2. The zero-order valence-electron chi connectivity index (χ0n) is 12.8. The van der Waals surface area contributed by atoms with E-state index in [0.717, 1.165) is 22.2 Å². The first kappa shape index (κ1) is 14.6. The van der Waals surface area contributed by atoms with Crippen molar-refractivity contribution in [2.45, 2.75) is 6.92 Å². The molecule has 118 valence electrons. The molecule has 24 heavy (non-hydrogen) atoms. The van der Waals surface area contributed by atoms with Gasteiger partial charge >= 0.3 is 0 Å². The molecule has 0 aliphatic carbocycles. The Kier molecular flexibility index (Phi) is 3.39. The summed E-state index contributed by atoms with van der Waals surface area (Å²) < 4.78 is 5.56. The summed E-state index contributed by atoms with van der Waals surface area (Å²) in [6.07, 6.45) is 5.08. The Morgan fingerprint density at radius 2 is 2.17 bits per heavy atom. The van der Waals surface area contributed by atoms with Crippen LogP contribution >= 0.6 is 11.3 Å². The maximum absolute atomic E-state index is 11.9. The summed E-state index contributed by atoms with van der Waals surface area (Å²) in [5, 5.41) is 0.757. The van der Waals surface area contributed by atoms with Crippen LogP contribution in [0.1, 0.15) is 16.6 Å². The Morgan fingerprint density at radius 1 is 1.29 bits per heavy atom. The third-order valence-electron chi connectivity index (χ3n) is 3.76. The number of pyridine rings is 2. The Hall–Kier alpha value is -2.99. The van der Waals surface area contributed by atoms with E-state index in [4.69, 9.17) is 10.2 Å². The number of rotatable bonds is 3. The van der Waals surface area contributed by atoms with Crippen LogP contribution in [-0.2, 0) is 0 Å². The third kappa shape index (κ3) is 2.28. The highest BCUT2D eigenvalue weighted by Gasteiger charge is 2.20. The monoisotopic (exact) mass is 335 g/mol. The number of carbonyl (C=O) groups is 1. The van der Waals surface area contributed by atoms with E-state index in [1.807, 2.05) is 30.3 Å². The highest BCUT2D eigenvalue weighted by molar-refractivity contribution is 7.21. The molecule has 0 fully saturated rings. The molecule has 4 aromatic rings. The summed E-state index contributed by atoms with van der Waals surface area (Å²) in [5.41, 5.74) is 9.17. The minimum Gasteiger partial charge on any atom is -0.464 e. The van der Waals surface area contributed by atoms with Crippen LogP contribution in [0.3, 0.4) is 0 Å². The SMILES string of the molecule is CC(=O)c1sc2nc(-c3cccnc3)cc(-c3ccco3)c2c1N. The van der Waals surface area contributed by atoms with Crippen LogP contribution in [0.2, 0.25) is 0 Å². The molecule has 0 bridgehead atoms. The van der Waals surface area contributed by atoms with Crippen LogP contribution in [0, 0.1) is 0 Å². The molecule has 0 aliphatic rings. The van der Waals surface area contributed by atoms with Gasteiger partial charge in [-0.1, -0.05) is 0 Å². The smallest absolute Gasteiger partial charge is 0.171 e. The molecule has 4 aromatic heterocycles. The lowest BCUT2D eigenvalue weighted by Gasteiger charge is -2.06. The number of anilines is 1. The second-order valence-corrected chi connectivity index (χ2v) is 6.35. The number of carbonyl (C=O) groups excluding carboxylic acids is 1. The fourth-order valence-electron chi connectivity index (χ4n) is 2.67. The summed E-state index contributed by atoms with van der Waals surface area (Å²) >= 11 is 1.30. The molecule has 0 aliphatic heterocycles. The molecule has 0 radical (unpaired) electrons. The van der Waals surface area contributed by atoms with Gasteiger partial charge in [-0.3, -0.25) is 9.78 Å². The van der Waals surface area contributed by atoms with E-state index in [9.17, 15) is 4.79 Å². The van der Waals surface area contributed by atoms with Crippen molar-refractivity contribution >= 4 is 33.0 Å². The van der Waals surface area contributed by atoms with Gasteiger partial charge in [0.1, 0.15) is 10.6 Å². The van der Waals surface area contributed by atoms with Crippen LogP contribution in [0.15, 0.2) is 53.4 Å².